The molecule has 3 rings (SSSR count). The summed E-state index contributed by atoms with van der Waals surface area (Å²) in [5.74, 6) is 0.612. The fraction of sp³-hybridized carbons (Fsp3) is 0.321. The van der Waals surface area contributed by atoms with E-state index in [0.29, 0.717) is 10.7 Å². The maximum Gasteiger partial charge on any atom is 0.264 e. The van der Waals surface area contributed by atoms with E-state index in [-0.39, 0.29) is 16.9 Å². The SMILES string of the molecule is COc1cc(C)c(C(C)NC(=O)CN(c2ccc(C)c(Cl)c2)S(=O)(=O)c2ccccc2)cc1C(C)C. The first-order valence-corrected chi connectivity index (χ1v) is 13.6. The number of ether oxygens (including phenoxy) is 1. The number of aryl methyl sites for hydroxylation is 2. The first-order chi connectivity index (χ1) is 16.9. The second-order valence-corrected chi connectivity index (χ2v) is 11.4. The number of rotatable bonds is 9. The van der Waals surface area contributed by atoms with Gasteiger partial charge in [-0.2, -0.15) is 0 Å². The minimum atomic E-state index is -4.02. The van der Waals surface area contributed by atoms with Gasteiger partial charge in [-0.25, -0.2) is 8.42 Å². The van der Waals surface area contributed by atoms with Crippen molar-refractivity contribution in [3.05, 3.63) is 87.9 Å². The average molecular weight is 529 g/mol. The molecule has 0 aliphatic heterocycles. The second kappa shape index (κ2) is 11.4. The number of carbonyl (C=O) groups excluding carboxylic acids is 1. The van der Waals surface area contributed by atoms with Crippen molar-refractivity contribution in [2.45, 2.75) is 51.5 Å². The zero-order chi connectivity index (χ0) is 26.6. The average Bonchev–Trinajstić information content (AvgIpc) is 2.84. The molecule has 8 heteroatoms. The van der Waals surface area contributed by atoms with Crippen LogP contribution in [-0.4, -0.2) is 28.0 Å². The summed E-state index contributed by atoms with van der Waals surface area (Å²) in [5.41, 5.74) is 4.10. The third-order valence-electron chi connectivity index (χ3n) is 6.15. The molecule has 1 N–H and O–H groups in total. The summed E-state index contributed by atoms with van der Waals surface area (Å²) in [7, 11) is -2.37. The van der Waals surface area contributed by atoms with Crippen LogP contribution in [0.5, 0.6) is 5.75 Å². The summed E-state index contributed by atoms with van der Waals surface area (Å²) in [6.07, 6.45) is 0. The van der Waals surface area contributed by atoms with Gasteiger partial charge in [0.15, 0.2) is 0 Å². The molecule has 6 nitrogen and oxygen atoms in total. The molecule has 1 amide bonds. The Morgan fingerprint density at radius 1 is 0.972 bits per heavy atom. The number of hydrogen-bond donors (Lipinski definition) is 1. The lowest BCUT2D eigenvalue weighted by atomic mass is 9.93. The molecule has 0 aliphatic rings. The van der Waals surface area contributed by atoms with Crippen LogP contribution in [0.25, 0.3) is 0 Å². The summed E-state index contributed by atoms with van der Waals surface area (Å²) < 4.78 is 33.7. The van der Waals surface area contributed by atoms with Crippen LogP contribution in [0.1, 0.15) is 55.0 Å². The Morgan fingerprint density at radius 3 is 2.22 bits per heavy atom. The van der Waals surface area contributed by atoms with Crippen molar-refractivity contribution in [3.63, 3.8) is 0 Å². The first-order valence-electron chi connectivity index (χ1n) is 11.8. The van der Waals surface area contributed by atoms with Gasteiger partial charge in [-0.15, -0.1) is 0 Å². The maximum absolute atomic E-state index is 13.6. The molecule has 0 radical (unpaired) electrons. The van der Waals surface area contributed by atoms with E-state index < -0.39 is 22.5 Å². The maximum atomic E-state index is 13.6. The van der Waals surface area contributed by atoms with Crippen molar-refractivity contribution in [1.82, 2.24) is 5.32 Å². The van der Waals surface area contributed by atoms with Crippen molar-refractivity contribution in [2.24, 2.45) is 0 Å². The van der Waals surface area contributed by atoms with E-state index in [1.807, 2.05) is 32.9 Å². The lowest BCUT2D eigenvalue weighted by molar-refractivity contribution is -0.120. The summed E-state index contributed by atoms with van der Waals surface area (Å²) in [6, 6.07) is 16.7. The molecule has 1 atom stereocenters. The third-order valence-corrected chi connectivity index (χ3v) is 8.34. The number of sulfonamides is 1. The Morgan fingerprint density at radius 2 is 1.64 bits per heavy atom. The lowest BCUT2D eigenvalue weighted by Gasteiger charge is -2.26. The summed E-state index contributed by atoms with van der Waals surface area (Å²) in [5, 5.41) is 3.39. The van der Waals surface area contributed by atoms with Gasteiger partial charge in [-0.3, -0.25) is 9.10 Å². The van der Waals surface area contributed by atoms with Gasteiger partial charge in [-0.05, 0) is 85.3 Å². The molecule has 0 heterocycles. The van der Waals surface area contributed by atoms with Gasteiger partial charge in [-0.1, -0.05) is 49.7 Å². The highest BCUT2D eigenvalue weighted by molar-refractivity contribution is 7.92. The van der Waals surface area contributed by atoms with E-state index in [2.05, 4.69) is 19.2 Å². The number of hydrogen-bond acceptors (Lipinski definition) is 4. The highest BCUT2D eigenvalue weighted by Gasteiger charge is 2.28. The van der Waals surface area contributed by atoms with Crippen molar-refractivity contribution in [2.75, 3.05) is 18.0 Å². The smallest absolute Gasteiger partial charge is 0.264 e. The molecule has 0 fully saturated rings. The summed E-state index contributed by atoms with van der Waals surface area (Å²) in [4.78, 5) is 13.3. The number of carbonyl (C=O) groups is 1. The standard InChI is InChI=1S/C28H33ClN2O4S/c1-18(2)24-16-25(20(4)14-27(24)35-6)21(5)30-28(32)17-31(22-13-12-19(3)26(29)15-22)36(33,34)23-10-8-7-9-11-23/h7-16,18,21H,17H2,1-6H3,(H,30,32). The Balaban J connectivity index is 1.93. The van der Waals surface area contributed by atoms with Crippen LogP contribution in [0.4, 0.5) is 5.69 Å². The van der Waals surface area contributed by atoms with Crippen molar-refractivity contribution in [1.29, 1.82) is 0 Å². The van der Waals surface area contributed by atoms with Crippen LogP contribution >= 0.6 is 11.6 Å². The van der Waals surface area contributed by atoms with Gasteiger partial charge < -0.3 is 10.1 Å². The summed E-state index contributed by atoms with van der Waals surface area (Å²) in [6.45, 7) is 9.45. The monoisotopic (exact) mass is 528 g/mol. The quantitative estimate of drug-likeness (QED) is 0.361. The minimum Gasteiger partial charge on any atom is -0.496 e. The zero-order valence-corrected chi connectivity index (χ0v) is 23.1. The number of methoxy groups -OCH3 is 1. The largest absolute Gasteiger partial charge is 0.496 e. The number of halogens is 1. The van der Waals surface area contributed by atoms with Crippen LogP contribution in [0.15, 0.2) is 65.6 Å². The van der Waals surface area contributed by atoms with Gasteiger partial charge in [0.1, 0.15) is 12.3 Å². The lowest BCUT2D eigenvalue weighted by Crippen LogP contribution is -2.41. The fourth-order valence-electron chi connectivity index (χ4n) is 4.08. The van der Waals surface area contributed by atoms with E-state index in [4.69, 9.17) is 16.3 Å². The first kappa shape index (κ1) is 27.6. The number of anilines is 1. The number of amides is 1. The topological polar surface area (TPSA) is 75.7 Å². The van der Waals surface area contributed by atoms with E-state index in [1.54, 1.807) is 43.5 Å². The predicted octanol–water partition coefficient (Wildman–Crippen LogP) is 6.16. The second-order valence-electron chi connectivity index (χ2n) is 9.15. The van der Waals surface area contributed by atoms with Gasteiger partial charge in [0, 0.05) is 5.02 Å². The fourth-order valence-corrected chi connectivity index (χ4v) is 5.69. The molecular formula is C28H33ClN2O4S. The van der Waals surface area contributed by atoms with Gasteiger partial charge in [0.25, 0.3) is 10.0 Å². The molecule has 36 heavy (non-hydrogen) atoms. The molecule has 1 unspecified atom stereocenters. The van der Waals surface area contributed by atoms with Crippen LogP contribution in [0, 0.1) is 13.8 Å². The van der Waals surface area contributed by atoms with Crippen LogP contribution < -0.4 is 14.4 Å². The van der Waals surface area contributed by atoms with E-state index in [1.165, 1.54) is 12.1 Å². The number of benzene rings is 3. The van der Waals surface area contributed by atoms with Crippen molar-refractivity contribution >= 4 is 33.2 Å². The minimum absolute atomic E-state index is 0.0927. The highest BCUT2D eigenvalue weighted by Crippen LogP contribution is 2.32. The molecule has 192 valence electrons. The van der Waals surface area contributed by atoms with E-state index in [0.717, 1.165) is 32.3 Å². The molecular weight excluding hydrogens is 496 g/mol. The van der Waals surface area contributed by atoms with Gasteiger partial charge in [0.2, 0.25) is 5.91 Å². The molecule has 0 saturated heterocycles. The predicted molar refractivity (Wildman–Crippen MR) is 146 cm³/mol. The number of nitrogens with zero attached hydrogens (tertiary/aromatic N) is 1. The van der Waals surface area contributed by atoms with Crippen LogP contribution in [-0.2, 0) is 14.8 Å². The van der Waals surface area contributed by atoms with Crippen molar-refractivity contribution < 1.29 is 17.9 Å². The van der Waals surface area contributed by atoms with Crippen molar-refractivity contribution in [3.8, 4) is 5.75 Å². The molecule has 0 bridgehead atoms. The van der Waals surface area contributed by atoms with Crippen LogP contribution in [0.2, 0.25) is 5.02 Å². The summed E-state index contributed by atoms with van der Waals surface area (Å²) >= 11 is 6.31. The van der Waals surface area contributed by atoms with Gasteiger partial charge >= 0.3 is 0 Å². The van der Waals surface area contributed by atoms with E-state index >= 15 is 0 Å². The highest BCUT2D eigenvalue weighted by atomic mass is 35.5. The molecule has 3 aromatic rings. The zero-order valence-electron chi connectivity index (χ0n) is 21.5. The number of nitrogens with one attached hydrogen (secondary N) is 1. The van der Waals surface area contributed by atoms with Crippen LogP contribution in [0.3, 0.4) is 0 Å². The Hall–Kier alpha value is -3.03. The molecule has 0 aliphatic carbocycles. The molecule has 0 saturated carbocycles. The third kappa shape index (κ3) is 6.02. The normalized spacial score (nSPS) is 12.3. The molecule has 0 spiro atoms. The van der Waals surface area contributed by atoms with E-state index in [9.17, 15) is 13.2 Å². The Kier molecular flexibility index (Phi) is 8.69. The Labute approximate surface area is 219 Å². The molecule has 0 aromatic heterocycles. The van der Waals surface area contributed by atoms with Gasteiger partial charge in [0.05, 0.1) is 23.7 Å². The molecule has 3 aromatic carbocycles. The Bertz CT molecular complexity index is 1340.